The predicted molar refractivity (Wildman–Crippen MR) is 72.4 cm³/mol. The number of nitrogens with one attached hydrogen (secondary N) is 1. The number of nitrogens with zero attached hydrogens (tertiary/aromatic N) is 1. The number of rotatable bonds is 4. The van der Waals surface area contributed by atoms with Crippen molar-refractivity contribution < 1.29 is 4.39 Å². The minimum Gasteiger partial charge on any atom is -0.308 e. The van der Waals surface area contributed by atoms with Crippen LogP contribution in [0.4, 0.5) is 4.39 Å². The quantitative estimate of drug-likeness (QED) is 0.921. The molecule has 2 nitrogen and oxygen atoms in total. The lowest BCUT2D eigenvalue weighted by atomic mass is 10.2. The van der Waals surface area contributed by atoms with Gasteiger partial charge in [0.15, 0.2) is 0 Å². The van der Waals surface area contributed by atoms with Gasteiger partial charge in [-0.05, 0) is 25.0 Å². The van der Waals surface area contributed by atoms with Crippen LogP contribution in [0, 0.1) is 5.82 Å². The lowest BCUT2D eigenvalue weighted by molar-refractivity contribution is 0.632. The highest BCUT2D eigenvalue weighted by Gasteiger charge is 2.21. The molecule has 1 aromatic carbocycles. The third-order valence-electron chi connectivity index (χ3n) is 2.88. The van der Waals surface area contributed by atoms with E-state index in [1.807, 2.05) is 0 Å². The van der Waals surface area contributed by atoms with Gasteiger partial charge in [-0.1, -0.05) is 17.7 Å². The van der Waals surface area contributed by atoms with E-state index in [0.29, 0.717) is 16.6 Å². The van der Waals surface area contributed by atoms with Crippen LogP contribution < -0.4 is 5.32 Å². The van der Waals surface area contributed by atoms with E-state index < -0.39 is 0 Å². The minimum atomic E-state index is -0.298. The average Bonchev–Trinajstić information content (AvgIpc) is 3.06. The number of aromatic nitrogens is 1. The van der Waals surface area contributed by atoms with Crippen molar-refractivity contribution in [2.45, 2.75) is 25.4 Å². The van der Waals surface area contributed by atoms with Gasteiger partial charge in [-0.2, -0.15) is 0 Å². The van der Waals surface area contributed by atoms with Gasteiger partial charge < -0.3 is 5.32 Å². The molecule has 0 atom stereocenters. The van der Waals surface area contributed by atoms with Crippen molar-refractivity contribution in [1.82, 2.24) is 10.3 Å². The summed E-state index contributed by atoms with van der Waals surface area (Å²) in [5.41, 5.74) is 0.453. The second-order valence-corrected chi connectivity index (χ2v) is 5.89. The average molecular weight is 283 g/mol. The highest BCUT2D eigenvalue weighted by Crippen LogP contribution is 2.34. The third kappa shape index (κ3) is 2.55. The molecule has 0 amide bonds. The van der Waals surface area contributed by atoms with E-state index >= 15 is 0 Å². The van der Waals surface area contributed by atoms with Gasteiger partial charge >= 0.3 is 0 Å². The van der Waals surface area contributed by atoms with E-state index in [9.17, 15) is 4.39 Å². The standard InChI is InChI=1S/C13H12ClFN2S/c14-9-2-1-3-10(15)13(9)11-6-17-12(18-11)7-16-8-4-5-8/h1-3,6,8,16H,4-5,7H2. The van der Waals surface area contributed by atoms with E-state index in [1.165, 1.54) is 30.2 Å². The Kier molecular flexibility index (Phi) is 3.33. The summed E-state index contributed by atoms with van der Waals surface area (Å²) in [7, 11) is 0. The fraction of sp³-hybridized carbons (Fsp3) is 0.308. The maximum absolute atomic E-state index is 13.7. The predicted octanol–water partition coefficient (Wildman–Crippen LogP) is 3.85. The number of hydrogen-bond donors (Lipinski definition) is 1. The number of hydrogen-bond acceptors (Lipinski definition) is 3. The van der Waals surface area contributed by atoms with Crippen LogP contribution in [-0.4, -0.2) is 11.0 Å². The maximum Gasteiger partial charge on any atom is 0.133 e. The SMILES string of the molecule is Fc1cccc(Cl)c1-c1cnc(CNC2CC2)s1. The van der Waals surface area contributed by atoms with Gasteiger partial charge in [0.05, 0.1) is 9.90 Å². The summed E-state index contributed by atoms with van der Waals surface area (Å²) >= 11 is 7.52. The molecule has 0 aliphatic heterocycles. The molecular weight excluding hydrogens is 271 g/mol. The molecule has 1 aliphatic carbocycles. The van der Waals surface area contributed by atoms with Gasteiger partial charge in [0, 0.05) is 24.3 Å². The molecule has 94 valence electrons. The summed E-state index contributed by atoms with van der Waals surface area (Å²) in [5.74, 6) is -0.298. The molecule has 0 unspecified atom stereocenters. The fourth-order valence-electron chi connectivity index (χ4n) is 1.76. The van der Waals surface area contributed by atoms with Crippen molar-refractivity contribution in [3.8, 4) is 10.4 Å². The van der Waals surface area contributed by atoms with Crippen LogP contribution in [0.3, 0.4) is 0 Å². The van der Waals surface area contributed by atoms with Crippen LogP contribution >= 0.6 is 22.9 Å². The zero-order chi connectivity index (χ0) is 12.5. The molecule has 0 saturated heterocycles. The lowest BCUT2D eigenvalue weighted by Crippen LogP contribution is -2.14. The van der Waals surface area contributed by atoms with Gasteiger partial charge in [-0.3, -0.25) is 0 Å². The van der Waals surface area contributed by atoms with Crippen molar-refractivity contribution in [2.24, 2.45) is 0 Å². The Bertz CT molecular complexity index is 546. The summed E-state index contributed by atoms with van der Waals surface area (Å²) in [5, 5.41) is 4.79. The van der Waals surface area contributed by atoms with Gasteiger partial charge in [0.2, 0.25) is 0 Å². The van der Waals surface area contributed by atoms with Crippen LogP contribution in [0.5, 0.6) is 0 Å². The highest BCUT2D eigenvalue weighted by atomic mass is 35.5. The zero-order valence-electron chi connectivity index (χ0n) is 9.62. The first-order valence-corrected chi connectivity index (χ1v) is 7.06. The van der Waals surface area contributed by atoms with Crippen molar-refractivity contribution >= 4 is 22.9 Å². The van der Waals surface area contributed by atoms with E-state index in [2.05, 4.69) is 10.3 Å². The summed E-state index contributed by atoms with van der Waals surface area (Å²) < 4.78 is 13.7. The van der Waals surface area contributed by atoms with E-state index in [-0.39, 0.29) is 5.82 Å². The number of thiazole rings is 1. The molecule has 1 aromatic heterocycles. The Morgan fingerprint density at radius 3 is 3.00 bits per heavy atom. The molecule has 1 fully saturated rings. The molecule has 0 radical (unpaired) electrons. The summed E-state index contributed by atoms with van der Waals surface area (Å²) in [6.45, 7) is 0.751. The molecule has 1 heterocycles. The van der Waals surface area contributed by atoms with Crippen LogP contribution in [0.1, 0.15) is 17.8 Å². The van der Waals surface area contributed by atoms with Gasteiger partial charge in [0.1, 0.15) is 10.8 Å². The first-order valence-electron chi connectivity index (χ1n) is 5.86. The summed E-state index contributed by atoms with van der Waals surface area (Å²) in [4.78, 5) is 5.09. The van der Waals surface area contributed by atoms with Crippen LogP contribution in [0.15, 0.2) is 24.4 Å². The molecule has 0 spiro atoms. The van der Waals surface area contributed by atoms with Gasteiger partial charge in [-0.25, -0.2) is 9.37 Å². The molecule has 2 aromatic rings. The monoisotopic (exact) mass is 282 g/mol. The number of benzene rings is 1. The Morgan fingerprint density at radius 1 is 1.44 bits per heavy atom. The molecular formula is C13H12ClFN2S. The third-order valence-corrected chi connectivity index (χ3v) is 4.21. The highest BCUT2D eigenvalue weighted by molar-refractivity contribution is 7.15. The molecule has 5 heteroatoms. The van der Waals surface area contributed by atoms with Crippen molar-refractivity contribution in [1.29, 1.82) is 0 Å². The van der Waals surface area contributed by atoms with Crippen LogP contribution in [-0.2, 0) is 6.54 Å². The molecule has 1 aliphatic rings. The first kappa shape index (κ1) is 12.1. The van der Waals surface area contributed by atoms with Crippen molar-refractivity contribution in [3.05, 3.63) is 40.2 Å². The minimum absolute atomic E-state index is 0.298. The van der Waals surface area contributed by atoms with Gasteiger partial charge in [0.25, 0.3) is 0 Å². The zero-order valence-corrected chi connectivity index (χ0v) is 11.2. The molecule has 3 rings (SSSR count). The Hall–Kier alpha value is -0.970. The first-order chi connectivity index (χ1) is 8.74. The Morgan fingerprint density at radius 2 is 2.28 bits per heavy atom. The van der Waals surface area contributed by atoms with E-state index in [4.69, 9.17) is 11.6 Å². The Balaban J connectivity index is 1.83. The van der Waals surface area contributed by atoms with Crippen molar-refractivity contribution in [3.63, 3.8) is 0 Å². The smallest absolute Gasteiger partial charge is 0.133 e. The largest absolute Gasteiger partial charge is 0.308 e. The van der Waals surface area contributed by atoms with Crippen molar-refractivity contribution in [2.75, 3.05) is 0 Å². The molecule has 1 saturated carbocycles. The van der Waals surface area contributed by atoms with E-state index in [1.54, 1.807) is 18.3 Å². The number of halogens is 2. The second kappa shape index (κ2) is 4.96. The molecule has 1 N–H and O–H groups in total. The fourth-order valence-corrected chi connectivity index (χ4v) is 3.01. The van der Waals surface area contributed by atoms with Crippen LogP contribution in [0.25, 0.3) is 10.4 Å². The topological polar surface area (TPSA) is 24.9 Å². The van der Waals surface area contributed by atoms with E-state index in [0.717, 1.165) is 16.4 Å². The maximum atomic E-state index is 13.7. The molecule has 18 heavy (non-hydrogen) atoms. The second-order valence-electron chi connectivity index (χ2n) is 4.37. The molecule has 0 bridgehead atoms. The van der Waals surface area contributed by atoms with Crippen LogP contribution in [0.2, 0.25) is 5.02 Å². The lowest BCUT2D eigenvalue weighted by Gasteiger charge is -2.01. The Labute approximate surface area is 114 Å². The van der Waals surface area contributed by atoms with Gasteiger partial charge in [-0.15, -0.1) is 11.3 Å². The normalized spacial score (nSPS) is 15.0. The summed E-state index contributed by atoms with van der Waals surface area (Å²) in [6.07, 6.45) is 4.19. The summed E-state index contributed by atoms with van der Waals surface area (Å²) in [6, 6.07) is 5.37.